The number of carbonyl (C=O) groups excluding carboxylic acids is 3. The first kappa shape index (κ1) is 23.5. The maximum absolute atomic E-state index is 12.5. The fourth-order valence-corrected chi connectivity index (χ4v) is 4.14. The molecule has 0 aromatic heterocycles. The Bertz CT molecular complexity index is 904. The lowest BCUT2D eigenvalue weighted by Gasteiger charge is -2.32. The van der Waals surface area contributed by atoms with E-state index in [0.29, 0.717) is 32.4 Å². The van der Waals surface area contributed by atoms with E-state index in [-0.39, 0.29) is 17.7 Å². The molecule has 0 saturated carbocycles. The molecule has 2 aromatic carbocycles. The molecular formula is C26H33N3O3. The molecule has 6 nitrogen and oxygen atoms in total. The van der Waals surface area contributed by atoms with Crippen LogP contribution in [0.2, 0.25) is 0 Å². The van der Waals surface area contributed by atoms with E-state index < -0.39 is 11.9 Å². The molecule has 0 bridgehead atoms. The van der Waals surface area contributed by atoms with E-state index in [1.165, 1.54) is 5.56 Å². The molecule has 6 heteroatoms. The smallest absolute Gasteiger partial charge is 0.240 e. The highest BCUT2D eigenvalue weighted by atomic mass is 16.2. The lowest BCUT2D eigenvalue weighted by molar-refractivity contribution is -0.133. The van der Waals surface area contributed by atoms with Crippen molar-refractivity contribution >= 4 is 17.7 Å². The van der Waals surface area contributed by atoms with Crippen LogP contribution >= 0.6 is 0 Å². The second-order valence-corrected chi connectivity index (χ2v) is 8.73. The number of aryl methyl sites for hydroxylation is 2. The topological polar surface area (TPSA) is 92.5 Å². The largest absolute Gasteiger partial charge is 0.368 e. The Morgan fingerprint density at radius 3 is 2.28 bits per heavy atom. The summed E-state index contributed by atoms with van der Waals surface area (Å²) in [6, 6.07) is 17.1. The first-order valence-electron chi connectivity index (χ1n) is 11.4. The second-order valence-electron chi connectivity index (χ2n) is 8.73. The normalized spacial score (nSPS) is 15.2. The maximum Gasteiger partial charge on any atom is 0.240 e. The summed E-state index contributed by atoms with van der Waals surface area (Å²) in [5, 5.41) is 2.81. The van der Waals surface area contributed by atoms with Crippen molar-refractivity contribution in [3.63, 3.8) is 0 Å². The summed E-state index contributed by atoms with van der Waals surface area (Å²) in [6.45, 7) is 3.35. The van der Waals surface area contributed by atoms with Gasteiger partial charge in [-0.3, -0.25) is 14.4 Å². The van der Waals surface area contributed by atoms with E-state index >= 15 is 0 Å². The lowest BCUT2D eigenvalue weighted by atomic mass is 9.92. The fourth-order valence-electron chi connectivity index (χ4n) is 4.14. The van der Waals surface area contributed by atoms with Crippen LogP contribution < -0.4 is 11.1 Å². The zero-order chi connectivity index (χ0) is 22.9. The SMILES string of the molecule is Cc1ccc(C[C@H](NC(=O)CC2CCN(C(=O)CCc3ccccc3)CC2)C(N)=O)cc1. The highest BCUT2D eigenvalue weighted by molar-refractivity contribution is 5.87. The molecule has 3 amide bonds. The van der Waals surface area contributed by atoms with Gasteiger partial charge in [0.1, 0.15) is 6.04 Å². The van der Waals surface area contributed by atoms with Gasteiger partial charge in [0, 0.05) is 32.4 Å². The standard InChI is InChI=1S/C26H33N3O3/c1-19-7-9-21(10-8-19)17-23(26(27)32)28-24(30)18-22-13-15-29(16-14-22)25(31)12-11-20-5-3-2-4-6-20/h2-10,22-23H,11-18H2,1H3,(H2,27,32)(H,28,30)/t23-/m0/s1. The zero-order valence-corrected chi connectivity index (χ0v) is 18.8. The Kier molecular flexibility index (Phi) is 8.42. The van der Waals surface area contributed by atoms with Crippen LogP contribution in [-0.4, -0.2) is 41.8 Å². The first-order chi connectivity index (χ1) is 15.4. The molecule has 1 fully saturated rings. The molecule has 1 saturated heterocycles. The molecule has 0 unspecified atom stereocenters. The van der Waals surface area contributed by atoms with Gasteiger partial charge in [0.05, 0.1) is 0 Å². The number of nitrogens with zero attached hydrogens (tertiary/aromatic N) is 1. The second kappa shape index (κ2) is 11.5. The molecule has 3 rings (SSSR count). The zero-order valence-electron chi connectivity index (χ0n) is 18.8. The summed E-state index contributed by atoms with van der Waals surface area (Å²) in [6.07, 6.45) is 3.58. The molecular weight excluding hydrogens is 402 g/mol. The molecule has 0 spiro atoms. The van der Waals surface area contributed by atoms with Gasteiger partial charge in [-0.05, 0) is 43.2 Å². The van der Waals surface area contributed by atoms with Crippen molar-refractivity contribution in [2.45, 2.75) is 51.5 Å². The minimum Gasteiger partial charge on any atom is -0.368 e. The minimum atomic E-state index is -0.718. The highest BCUT2D eigenvalue weighted by Crippen LogP contribution is 2.21. The number of nitrogens with one attached hydrogen (secondary N) is 1. The predicted octanol–water partition coefficient (Wildman–Crippen LogP) is 2.77. The van der Waals surface area contributed by atoms with Crippen LogP contribution in [0.3, 0.4) is 0 Å². The summed E-state index contributed by atoms with van der Waals surface area (Å²) in [5.74, 6) is -0.308. The van der Waals surface area contributed by atoms with Crippen LogP contribution in [0.25, 0.3) is 0 Å². The average Bonchev–Trinajstić information content (AvgIpc) is 2.79. The van der Waals surface area contributed by atoms with E-state index in [9.17, 15) is 14.4 Å². The van der Waals surface area contributed by atoms with Crippen molar-refractivity contribution in [3.05, 3.63) is 71.3 Å². The summed E-state index contributed by atoms with van der Waals surface area (Å²) in [5.41, 5.74) is 8.79. The van der Waals surface area contributed by atoms with Crippen LogP contribution in [0.4, 0.5) is 0 Å². The van der Waals surface area contributed by atoms with Crippen LogP contribution in [0, 0.1) is 12.8 Å². The van der Waals surface area contributed by atoms with Gasteiger partial charge in [-0.1, -0.05) is 60.2 Å². The monoisotopic (exact) mass is 435 g/mol. The Balaban J connectivity index is 1.41. The molecule has 1 atom stereocenters. The summed E-state index contributed by atoms with van der Waals surface area (Å²) >= 11 is 0. The number of hydrogen-bond acceptors (Lipinski definition) is 3. The number of primary amides is 1. The number of likely N-dealkylation sites (tertiary alicyclic amines) is 1. The number of benzene rings is 2. The number of hydrogen-bond donors (Lipinski definition) is 2. The summed E-state index contributed by atoms with van der Waals surface area (Å²) in [7, 11) is 0. The Hall–Kier alpha value is -3.15. The van der Waals surface area contributed by atoms with Gasteiger partial charge in [-0.2, -0.15) is 0 Å². The van der Waals surface area contributed by atoms with Crippen molar-refractivity contribution in [2.75, 3.05) is 13.1 Å². The minimum absolute atomic E-state index is 0.158. The van der Waals surface area contributed by atoms with Crippen LogP contribution in [0.15, 0.2) is 54.6 Å². The van der Waals surface area contributed by atoms with Gasteiger partial charge in [-0.25, -0.2) is 0 Å². The summed E-state index contributed by atoms with van der Waals surface area (Å²) in [4.78, 5) is 38.8. The number of amides is 3. The Morgan fingerprint density at radius 2 is 1.66 bits per heavy atom. The van der Waals surface area contributed by atoms with Gasteiger partial charge in [-0.15, -0.1) is 0 Å². The molecule has 170 valence electrons. The van der Waals surface area contributed by atoms with E-state index in [2.05, 4.69) is 5.32 Å². The molecule has 0 aliphatic carbocycles. The van der Waals surface area contributed by atoms with E-state index in [1.807, 2.05) is 66.4 Å². The molecule has 32 heavy (non-hydrogen) atoms. The van der Waals surface area contributed by atoms with Crippen molar-refractivity contribution < 1.29 is 14.4 Å². The van der Waals surface area contributed by atoms with Crippen molar-refractivity contribution in [1.82, 2.24) is 10.2 Å². The van der Waals surface area contributed by atoms with Gasteiger partial charge >= 0.3 is 0 Å². The van der Waals surface area contributed by atoms with E-state index in [4.69, 9.17) is 5.73 Å². The number of rotatable bonds is 9. The molecule has 3 N–H and O–H groups in total. The lowest BCUT2D eigenvalue weighted by Crippen LogP contribution is -2.47. The third-order valence-electron chi connectivity index (χ3n) is 6.15. The Morgan fingerprint density at radius 1 is 1.00 bits per heavy atom. The van der Waals surface area contributed by atoms with Crippen LogP contribution in [0.5, 0.6) is 0 Å². The molecule has 1 heterocycles. The molecule has 2 aromatic rings. The number of nitrogens with two attached hydrogens (primary N) is 1. The molecule has 1 aliphatic heterocycles. The maximum atomic E-state index is 12.5. The van der Waals surface area contributed by atoms with Gasteiger partial charge in [0.2, 0.25) is 17.7 Å². The average molecular weight is 436 g/mol. The predicted molar refractivity (Wildman–Crippen MR) is 125 cm³/mol. The third kappa shape index (κ3) is 7.22. The summed E-state index contributed by atoms with van der Waals surface area (Å²) < 4.78 is 0. The molecule has 0 radical (unpaired) electrons. The van der Waals surface area contributed by atoms with E-state index in [0.717, 1.165) is 30.4 Å². The number of piperidine rings is 1. The van der Waals surface area contributed by atoms with Gasteiger partial charge < -0.3 is 16.0 Å². The Labute approximate surface area is 190 Å². The quantitative estimate of drug-likeness (QED) is 0.634. The van der Waals surface area contributed by atoms with Crippen molar-refractivity contribution in [3.8, 4) is 0 Å². The van der Waals surface area contributed by atoms with Crippen LogP contribution in [-0.2, 0) is 27.2 Å². The molecule has 1 aliphatic rings. The first-order valence-corrected chi connectivity index (χ1v) is 11.4. The van der Waals surface area contributed by atoms with Gasteiger partial charge in [0.15, 0.2) is 0 Å². The van der Waals surface area contributed by atoms with Crippen molar-refractivity contribution in [1.29, 1.82) is 0 Å². The van der Waals surface area contributed by atoms with Crippen LogP contribution in [0.1, 0.15) is 42.4 Å². The van der Waals surface area contributed by atoms with E-state index in [1.54, 1.807) is 0 Å². The number of carbonyl (C=O) groups is 3. The van der Waals surface area contributed by atoms with Gasteiger partial charge in [0.25, 0.3) is 0 Å². The fraction of sp³-hybridized carbons (Fsp3) is 0.423. The highest BCUT2D eigenvalue weighted by Gasteiger charge is 2.26. The third-order valence-corrected chi connectivity index (χ3v) is 6.15. The van der Waals surface area contributed by atoms with Crippen molar-refractivity contribution in [2.24, 2.45) is 11.7 Å².